The van der Waals surface area contributed by atoms with Crippen molar-refractivity contribution < 1.29 is 0 Å². The number of likely N-dealkylation sites (N-methyl/N-ethyl adjacent to an activating group) is 1. The Morgan fingerprint density at radius 3 is 2.16 bits per heavy atom. The topological polar surface area (TPSA) is 16.1 Å². The molecule has 0 N–H and O–H groups in total. The van der Waals surface area contributed by atoms with Crippen molar-refractivity contribution in [2.24, 2.45) is 5.92 Å². The molecule has 0 bridgehead atoms. The first kappa shape index (κ1) is 20.4. The lowest BCUT2D eigenvalue weighted by Gasteiger charge is -2.17. The van der Waals surface area contributed by atoms with Crippen LogP contribution in [0.5, 0.6) is 0 Å². The van der Waals surface area contributed by atoms with Crippen LogP contribution in [-0.4, -0.2) is 30.0 Å². The smallest absolute Gasteiger partial charge is 0.0416 e. The summed E-state index contributed by atoms with van der Waals surface area (Å²) in [5, 5.41) is 0. The molecule has 2 heteroatoms. The van der Waals surface area contributed by atoms with Crippen molar-refractivity contribution in [1.82, 2.24) is 9.88 Å². The SMILES string of the molecule is CC.CC.CC(C)CCN(C)CCc1ccccn1. The summed E-state index contributed by atoms with van der Waals surface area (Å²) in [5.74, 6) is 0.794. The first-order valence-electron chi connectivity index (χ1n) is 7.77. The summed E-state index contributed by atoms with van der Waals surface area (Å²) in [7, 11) is 2.19. The third-order valence-electron chi connectivity index (χ3n) is 2.56. The number of rotatable bonds is 6. The molecule has 19 heavy (non-hydrogen) atoms. The highest BCUT2D eigenvalue weighted by Crippen LogP contribution is 2.02. The van der Waals surface area contributed by atoms with Crippen LogP contribution in [0.15, 0.2) is 24.4 Å². The van der Waals surface area contributed by atoms with E-state index in [1.165, 1.54) is 18.7 Å². The van der Waals surface area contributed by atoms with Crippen molar-refractivity contribution >= 4 is 0 Å². The van der Waals surface area contributed by atoms with E-state index >= 15 is 0 Å². The van der Waals surface area contributed by atoms with Crippen molar-refractivity contribution in [3.8, 4) is 0 Å². The van der Waals surface area contributed by atoms with Gasteiger partial charge in [0.15, 0.2) is 0 Å². The molecule has 0 unspecified atom stereocenters. The molecule has 0 spiro atoms. The first-order valence-corrected chi connectivity index (χ1v) is 7.77. The predicted octanol–water partition coefficient (Wildman–Crippen LogP) is 4.65. The summed E-state index contributed by atoms with van der Waals surface area (Å²) in [4.78, 5) is 6.70. The zero-order chi connectivity index (χ0) is 15.1. The summed E-state index contributed by atoms with van der Waals surface area (Å²) in [6.45, 7) is 14.8. The average molecular weight is 266 g/mol. The van der Waals surface area contributed by atoms with Crippen LogP contribution in [0.3, 0.4) is 0 Å². The van der Waals surface area contributed by atoms with Crippen LogP contribution in [0, 0.1) is 5.92 Å². The fourth-order valence-corrected chi connectivity index (χ4v) is 1.44. The lowest BCUT2D eigenvalue weighted by molar-refractivity contribution is 0.313. The van der Waals surface area contributed by atoms with Gasteiger partial charge in [-0.2, -0.15) is 0 Å². The molecule has 112 valence electrons. The molecule has 0 saturated carbocycles. The normalized spacial score (nSPS) is 9.53. The molecule has 0 saturated heterocycles. The summed E-state index contributed by atoms with van der Waals surface area (Å²) in [6, 6.07) is 6.11. The van der Waals surface area contributed by atoms with E-state index in [1.54, 1.807) is 0 Å². The molecule has 0 aliphatic rings. The monoisotopic (exact) mass is 266 g/mol. The second kappa shape index (κ2) is 15.2. The van der Waals surface area contributed by atoms with E-state index in [2.05, 4.69) is 42.9 Å². The van der Waals surface area contributed by atoms with Gasteiger partial charge in [-0.15, -0.1) is 0 Å². The third-order valence-corrected chi connectivity index (χ3v) is 2.56. The first-order chi connectivity index (χ1) is 9.18. The molecule has 0 radical (unpaired) electrons. The van der Waals surface area contributed by atoms with Gasteiger partial charge in [-0.05, 0) is 38.1 Å². The highest BCUT2D eigenvalue weighted by molar-refractivity contribution is 5.03. The van der Waals surface area contributed by atoms with E-state index in [4.69, 9.17) is 0 Å². The summed E-state index contributed by atoms with van der Waals surface area (Å²) in [5.41, 5.74) is 1.19. The molecule has 1 aromatic heterocycles. The minimum absolute atomic E-state index is 0.794. The van der Waals surface area contributed by atoms with Crippen LogP contribution in [-0.2, 0) is 6.42 Å². The zero-order valence-electron chi connectivity index (χ0n) is 14.1. The van der Waals surface area contributed by atoms with Crippen LogP contribution < -0.4 is 0 Å². The number of pyridine rings is 1. The summed E-state index contributed by atoms with van der Waals surface area (Å²) in [6.07, 6.45) is 4.19. The third kappa shape index (κ3) is 13.3. The molecule has 0 aliphatic carbocycles. The fraction of sp³-hybridized carbons (Fsp3) is 0.706. The zero-order valence-corrected chi connectivity index (χ0v) is 14.1. The maximum absolute atomic E-state index is 4.32. The molecular weight excluding hydrogens is 232 g/mol. The van der Waals surface area contributed by atoms with Crippen LogP contribution in [0.4, 0.5) is 0 Å². The molecule has 0 aromatic carbocycles. The molecule has 1 heterocycles. The van der Waals surface area contributed by atoms with Gasteiger partial charge in [0.25, 0.3) is 0 Å². The molecule has 0 amide bonds. The summed E-state index contributed by atoms with van der Waals surface area (Å²) < 4.78 is 0. The second-order valence-corrected chi connectivity index (χ2v) is 4.56. The van der Waals surface area contributed by atoms with E-state index in [0.29, 0.717) is 0 Å². The minimum atomic E-state index is 0.794. The van der Waals surface area contributed by atoms with Crippen molar-refractivity contribution in [3.05, 3.63) is 30.1 Å². The molecule has 2 nitrogen and oxygen atoms in total. The average Bonchev–Trinajstić information content (AvgIpc) is 2.48. The lowest BCUT2D eigenvalue weighted by atomic mass is 10.1. The largest absolute Gasteiger partial charge is 0.306 e. The van der Waals surface area contributed by atoms with Gasteiger partial charge in [-0.25, -0.2) is 0 Å². The van der Waals surface area contributed by atoms with E-state index in [-0.39, 0.29) is 0 Å². The lowest BCUT2D eigenvalue weighted by Crippen LogP contribution is -2.23. The van der Waals surface area contributed by atoms with Gasteiger partial charge < -0.3 is 4.90 Å². The Bertz CT molecular complexity index is 257. The molecule has 1 aromatic rings. The second-order valence-electron chi connectivity index (χ2n) is 4.56. The van der Waals surface area contributed by atoms with E-state index in [1.807, 2.05) is 40.0 Å². The number of hydrogen-bond acceptors (Lipinski definition) is 2. The van der Waals surface area contributed by atoms with Gasteiger partial charge in [-0.1, -0.05) is 47.6 Å². The predicted molar refractivity (Wildman–Crippen MR) is 87.6 cm³/mol. The van der Waals surface area contributed by atoms with Gasteiger partial charge in [-0.3, -0.25) is 4.98 Å². The van der Waals surface area contributed by atoms with E-state index in [9.17, 15) is 0 Å². The highest BCUT2D eigenvalue weighted by atomic mass is 15.1. The molecular formula is C17H34N2. The van der Waals surface area contributed by atoms with Crippen LogP contribution in [0.25, 0.3) is 0 Å². The Hall–Kier alpha value is -0.890. The highest BCUT2D eigenvalue weighted by Gasteiger charge is 2.01. The minimum Gasteiger partial charge on any atom is -0.306 e. The van der Waals surface area contributed by atoms with Crippen molar-refractivity contribution in [3.63, 3.8) is 0 Å². The quantitative estimate of drug-likeness (QED) is 0.745. The standard InChI is InChI=1S/C13H22N2.2C2H6/c1-12(2)7-10-15(3)11-8-13-6-4-5-9-14-13;2*1-2/h4-6,9,12H,7-8,10-11H2,1-3H3;2*1-2H3. The van der Waals surface area contributed by atoms with Gasteiger partial charge >= 0.3 is 0 Å². The van der Waals surface area contributed by atoms with Crippen molar-refractivity contribution in [2.75, 3.05) is 20.1 Å². The van der Waals surface area contributed by atoms with Gasteiger partial charge in [0, 0.05) is 24.9 Å². The number of nitrogens with zero attached hydrogens (tertiary/aromatic N) is 2. The Morgan fingerprint density at radius 2 is 1.68 bits per heavy atom. The van der Waals surface area contributed by atoms with Gasteiger partial charge in [0.1, 0.15) is 0 Å². The molecule has 0 aliphatic heterocycles. The maximum Gasteiger partial charge on any atom is 0.0416 e. The number of hydrogen-bond donors (Lipinski definition) is 0. The van der Waals surface area contributed by atoms with Gasteiger partial charge in [0.2, 0.25) is 0 Å². The van der Waals surface area contributed by atoms with Crippen molar-refractivity contribution in [2.45, 2.75) is 54.4 Å². The van der Waals surface area contributed by atoms with Crippen LogP contribution >= 0.6 is 0 Å². The van der Waals surface area contributed by atoms with Gasteiger partial charge in [0.05, 0.1) is 0 Å². The van der Waals surface area contributed by atoms with Crippen LogP contribution in [0.1, 0.15) is 53.7 Å². The van der Waals surface area contributed by atoms with Crippen molar-refractivity contribution in [1.29, 1.82) is 0 Å². The number of aromatic nitrogens is 1. The summed E-state index contributed by atoms with van der Waals surface area (Å²) >= 11 is 0. The van der Waals surface area contributed by atoms with E-state index in [0.717, 1.165) is 18.9 Å². The molecule has 0 atom stereocenters. The Balaban J connectivity index is 0. The molecule has 0 fully saturated rings. The van der Waals surface area contributed by atoms with Crippen LogP contribution in [0.2, 0.25) is 0 Å². The Labute approximate surface area is 121 Å². The van der Waals surface area contributed by atoms with E-state index < -0.39 is 0 Å². The Kier molecular flexibility index (Phi) is 16.3. The fourth-order valence-electron chi connectivity index (χ4n) is 1.44. The maximum atomic E-state index is 4.32. The molecule has 1 rings (SSSR count). The Morgan fingerprint density at radius 1 is 1.05 bits per heavy atom.